The van der Waals surface area contributed by atoms with Gasteiger partial charge in [-0.25, -0.2) is 4.79 Å². The van der Waals surface area contributed by atoms with Gasteiger partial charge in [-0.15, -0.1) is 0 Å². The summed E-state index contributed by atoms with van der Waals surface area (Å²) in [4.78, 5) is 14.4. The first-order valence-corrected chi connectivity index (χ1v) is 9.80. The third-order valence-corrected chi connectivity index (χ3v) is 4.74. The molecule has 1 saturated heterocycles. The van der Waals surface area contributed by atoms with Crippen LogP contribution in [0.5, 0.6) is 5.75 Å². The van der Waals surface area contributed by atoms with Gasteiger partial charge in [0, 0.05) is 31.0 Å². The minimum Gasteiger partial charge on any atom is -0.494 e. The molecule has 0 atom stereocenters. The summed E-state index contributed by atoms with van der Waals surface area (Å²) >= 11 is 0. The van der Waals surface area contributed by atoms with Crippen molar-refractivity contribution in [1.82, 2.24) is 5.32 Å². The topological polar surface area (TPSA) is 53.6 Å². The van der Waals surface area contributed by atoms with E-state index in [1.165, 1.54) is 30.5 Å². The molecule has 2 amide bonds. The molecule has 0 spiro atoms. The Kier molecular flexibility index (Phi) is 6.97. The Balaban J connectivity index is 1.33. The van der Waals surface area contributed by atoms with E-state index >= 15 is 0 Å². The number of carbonyl (C=O) groups is 1. The number of rotatable bonds is 7. The smallest absolute Gasteiger partial charge is 0.319 e. The molecule has 1 heterocycles. The van der Waals surface area contributed by atoms with Crippen molar-refractivity contribution in [3.63, 3.8) is 0 Å². The summed E-state index contributed by atoms with van der Waals surface area (Å²) in [5.74, 6) is 0.860. The molecule has 3 rings (SSSR count). The van der Waals surface area contributed by atoms with Crippen LogP contribution >= 0.6 is 0 Å². The second-order valence-corrected chi connectivity index (χ2v) is 6.99. The van der Waals surface area contributed by atoms with Crippen LogP contribution in [0.1, 0.15) is 31.2 Å². The maximum atomic E-state index is 12.0. The highest BCUT2D eigenvalue weighted by Crippen LogP contribution is 2.21. The number of carbonyl (C=O) groups excluding carboxylic acids is 1. The monoisotopic (exact) mass is 367 g/mol. The zero-order valence-electron chi connectivity index (χ0n) is 16.0. The summed E-state index contributed by atoms with van der Waals surface area (Å²) in [7, 11) is 0. The Labute approximate surface area is 161 Å². The van der Waals surface area contributed by atoms with E-state index in [9.17, 15) is 4.79 Å². The Bertz CT molecular complexity index is 707. The average Bonchev–Trinajstić information content (AvgIpc) is 2.70. The molecule has 27 heavy (non-hydrogen) atoms. The second kappa shape index (κ2) is 9.86. The zero-order chi connectivity index (χ0) is 18.9. The molecule has 0 saturated carbocycles. The van der Waals surface area contributed by atoms with E-state index in [0.717, 1.165) is 30.9 Å². The fraction of sp³-hybridized carbons (Fsp3) is 0.409. The first kappa shape index (κ1) is 19.1. The fourth-order valence-corrected chi connectivity index (χ4v) is 3.18. The Hall–Kier alpha value is -2.69. The number of urea groups is 1. The number of piperidine rings is 1. The van der Waals surface area contributed by atoms with Crippen LogP contribution in [0.25, 0.3) is 0 Å². The SMILES string of the molecule is Cc1ccc(OCCCNC(=O)Nc2ccc(N3CCCCC3)cc2)cc1. The molecule has 0 aliphatic carbocycles. The summed E-state index contributed by atoms with van der Waals surface area (Å²) in [6.45, 7) is 5.45. The van der Waals surface area contributed by atoms with Crippen molar-refractivity contribution in [3.8, 4) is 5.75 Å². The fourth-order valence-electron chi connectivity index (χ4n) is 3.18. The lowest BCUT2D eigenvalue weighted by molar-refractivity contribution is 0.250. The van der Waals surface area contributed by atoms with Crippen molar-refractivity contribution in [2.24, 2.45) is 0 Å². The number of hydrogen-bond acceptors (Lipinski definition) is 3. The molecule has 5 heteroatoms. The van der Waals surface area contributed by atoms with E-state index in [0.29, 0.717) is 13.2 Å². The average molecular weight is 367 g/mol. The molecule has 144 valence electrons. The molecule has 0 bridgehead atoms. The lowest BCUT2D eigenvalue weighted by atomic mass is 10.1. The minimum absolute atomic E-state index is 0.184. The van der Waals surface area contributed by atoms with Crippen molar-refractivity contribution in [2.75, 3.05) is 36.5 Å². The number of benzene rings is 2. The summed E-state index contributed by atoms with van der Waals surface area (Å²) in [5, 5.41) is 5.74. The largest absolute Gasteiger partial charge is 0.494 e. The van der Waals surface area contributed by atoms with Gasteiger partial charge in [-0.3, -0.25) is 0 Å². The normalized spacial score (nSPS) is 13.9. The van der Waals surface area contributed by atoms with Crippen LogP contribution in [0.15, 0.2) is 48.5 Å². The summed E-state index contributed by atoms with van der Waals surface area (Å²) in [6.07, 6.45) is 4.60. The van der Waals surface area contributed by atoms with E-state index in [-0.39, 0.29) is 6.03 Å². The summed E-state index contributed by atoms with van der Waals surface area (Å²) < 4.78 is 5.66. The van der Waals surface area contributed by atoms with Crippen LogP contribution in [0.4, 0.5) is 16.2 Å². The van der Waals surface area contributed by atoms with E-state index < -0.39 is 0 Å². The molecule has 1 aliphatic rings. The maximum absolute atomic E-state index is 12.0. The van der Waals surface area contributed by atoms with Crippen molar-refractivity contribution in [2.45, 2.75) is 32.6 Å². The molecule has 2 aromatic carbocycles. The molecule has 0 radical (unpaired) electrons. The Morgan fingerprint density at radius 3 is 2.41 bits per heavy atom. The number of aryl methyl sites for hydroxylation is 1. The molecule has 0 unspecified atom stereocenters. The van der Waals surface area contributed by atoms with Gasteiger partial charge in [0.1, 0.15) is 5.75 Å². The van der Waals surface area contributed by atoms with Gasteiger partial charge in [-0.2, -0.15) is 0 Å². The van der Waals surface area contributed by atoms with Gasteiger partial charge in [-0.05, 0) is 69.0 Å². The van der Waals surface area contributed by atoms with Crippen LogP contribution in [-0.4, -0.2) is 32.3 Å². The minimum atomic E-state index is -0.184. The molecule has 2 N–H and O–H groups in total. The van der Waals surface area contributed by atoms with E-state index in [4.69, 9.17) is 4.74 Å². The van der Waals surface area contributed by atoms with E-state index in [1.54, 1.807) is 0 Å². The third kappa shape index (κ3) is 6.20. The van der Waals surface area contributed by atoms with Gasteiger partial charge in [0.05, 0.1) is 6.61 Å². The molecule has 2 aromatic rings. The van der Waals surface area contributed by atoms with Crippen molar-refractivity contribution >= 4 is 17.4 Å². The number of nitrogens with zero attached hydrogens (tertiary/aromatic N) is 1. The molecular formula is C22H29N3O2. The van der Waals surface area contributed by atoms with Gasteiger partial charge in [-0.1, -0.05) is 17.7 Å². The highest BCUT2D eigenvalue weighted by molar-refractivity contribution is 5.89. The first-order chi connectivity index (χ1) is 13.2. The van der Waals surface area contributed by atoms with Gasteiger partial charge >= 0.3 is 6.03 Å². The Morgan fingerprint density at radius 1 is 1.00 bits per heavy atom. The molecule has 1 fully saturated rings. The number of hydrogen-bond donors (Lipinski definition) is 2. The van der Waals surface area contributed by atoms with Gasteiger partial charge < -0.3 is 20.3 Å². The molecule has 5 nitrogen and oxygen atoms in total. The number of anilines is 2. The van der Waals surface area contributed by atoms with Crippen LogP contribution in [0, 0.1) is 6.92 Å². The highest BCUT2D eigenvalue weighted by atomic mass is 16.5. The lowest BCUT2D eigenvalue weighted by Gasteiger charge is -2.28. The Morgan fingerprint density at radius 2 is 1.70 bits per heavy atom. The number of amides is 2. The van der Waals surface area contributed by atoms with Crippen LogP contribution in [0.2, 0.25) is 0 Å². The molecule has 1 aliphatic heterocycles. The summed E-state index contributed by atoms with van der Waals surface area (Å²) in [5.41, 5.74) is 3.25. The zero-order valence-corrected chi connectivity index (χ0v) is 16.0. The van der Waals surface area contributed by atoms with Crippen LogP contribution in [0.3, 0.4) is 0 Å². The number of ether oxygens (including phenoxy) is 1. The second-order valence-electron chi connectivity index (χ2n) is 6.99. The van der Waals surface area contributed by atoms with Crippen molar-refractivity contribution in [1.29, 1.82) is 0 Å². The van der Waals surface area contributed by atoms with Crippen LogP contribution < -0.4 is 20.3 Å². The van der Waals surface area contributed by atoms with Gasteiger partial charge in [0.2, 0.25) is 0 Å². The third-order valence-electron chi connectivity index (χ3n) is 4.74. The van der Waals surface area contributed by atoms with Gasteiger partial charge in [0.25, 0.3) is 0 Å². The standard InChI is InChI=1S/C22H29N3O2/c1-18-6-12-21(13-7-18)27-17-5-14-23-22(26)24-19-8-10-20(11-9-19)25-15-3-2-4-16-25/h6-13H,2-5,14-17H2,1H3,(H2,23,24,26). The van der Waals surface area contributed by atoms with Crippen molar-refractivity contribution in [3.05, 3.63) is 54.1 Å². The highest BCUT2D eigenvalue weighted by Gasteiger charge is 2.10. The summed E-state index contributed by atoms with van der Waals surface area (Å²) in [6, 6.07) is 15.9. The van der Waals surface area contributed by atoms with Crippen molar-refractivity contribution < 1.29 is 9.53 Å². The van der Waals surface area contributed by atoms with E-state index in [1.807, 2.05) is 43.3 Å². The lowest BCUT2D eigenvalue weighted by Crippen LogP contribution is -2.30. The predicted octanol–water partition coefficient (Wildman–Crippen LogP) is 4.58. The quantitative estimate of drug-likeness (QED) is 0.705. The van der Waals surface area contributed by atoms with E-state index in [2.05, 4.69) is 27.7 Å². The predicted molar refractivity (Wildman–Crippen MR) is 111 cm³/mol. The van der Waals surface area contributed by atoms with Gasteiger partial charge in [0.15, 0.2) is 0 Å². The number of nitrogens with one attached hydrogen (secondary N) is 2. The van der Waals surface area contributed by atoms with Crippen LogP contribution in [-0.2, 0) is 0 Å². The maximum Gasteiger partial charge on any atom is 0.319 e. The molecule has 0 aromatic heterocycles. The molecular weight excluding hydrogens is 338 g/mol. The first-order valence-electron chi connectivity index (χ1n) is 9.80.